The Morgan fingerprint density at radius 2 is 2.38 bits per heavy atom. The van der Waals surface area contributed by atoms with Crippen molar-refractivity contribution in [3.05, 3.63) is 16.4 Å². The van der Waals surface area contributed by atoms with Gasteiger partial charge in [0.05, 0.1) is 17.6 Å². The summed E-state index contributed by atoms with van der Waals surface area (Å²) in [5.74, 6) is -0.173. The maximum atomic E-state index is 10.7. The standard InChI is InChI=1S/C8H13N5O3/c1-2-5(3-14)12-8-6(13(15)16)7(9)10-4-11-8/h4-5,14H,2-3H2,1H3,(H3,9,10,11,12)/t5-/m1/s1. The Hall–Kier alpha value is -1.96. The van der Waals surface area contributed by atoms with Crippen LogP contribution in [0.4, 0.5) is 17.3 Å². The molecule has 0 fully saturated rings. The van der Waals surface area contributed by atoms with Crippen LogP contribution in [0.3, 0.4) is 0 Å². The van der Waals surface area contributed by atoms with Crippen LogP contribution in [0.1, 0.15) is 13.3 Å². The van der Waals surface area contributed by atoms with Crippen LogP contribution in [0.15, 0.2) is 6.33 Å². The quantitative estimate of drug-likeness (QED) is 0.482. The summed E-state index contributed by atoms with van der Waals surface area (Å²) < 4.78 is 0. The molecule has 8 heteroatoms. The SMILES string of the molecule is CC[C@H](CO)Nc1ncnc(N)c1[N+](=O)[O-]. The number of aliphatic hydroxyl groups is 1. The van der Waals surface area contributed by atoms with E-state index in [9.17, 15) is 10.1 Å². The monoisotopic (exact) mass is 227 g/mol. The van der Waals surface area contributed by atoms with Crippen molar-refractivity contribution in [2.75, 3.05) is 17.7 Å². The van der Waals surface area contributed by atoms with Crippen molar-refractivity contribution in [2.24, 2.45) is 0 Å². The molecule has 4 N–H and O–H groups in total. The number of nitro groups is 1. The second-order valence-corrected chi connectivity index (χ2v) is 3.15. The Bertz CT molecular complexity index is 380. The van der Waals surface area contributed by atoms with Gasteiger partial charge < -0.3 is 16.2 Å². The van der Waals surface area contributed by atoms with Gasteiger partial charge in [0.2, 0.25) is 11.6 Å². The predicted molar refractivity (Wildman–Crippen MR) is 57.9 cm³/mol. The first-order valence-corrected chi connectivity index (χ1v) is 4.72. The highest BCUT2D eigenvalue weighted by Gasteiger charge is 2.22. The third kappa shape index (κ3) is 2.54. The Kier molecular flexibility index (Phi) is 3.95. The largest absolute Gasteiger partial charge is 0.394 e. The number of nitrogens with two attached hydrogens (primary N) is 1. The lowest BCUT2D eigenvalue weighted by Crippen LogP contribution is -2.24. The molecule has 0 saturated heterocycles. The summed E-state index contributed by atoms with van der Waals surface area (Å²) in [5, 5.41) is 22.5. The zero-order valence-corrected chi connectivity index (χ0v) is 8.75. The third-order valence-electron chi connectivity index (χ3n) is 2.09. The van der Waals surface area contributed by atoms with E-state index < -0.39 is 4.92 Å². The molecule has 16 heavy (non-hydrogen) atoms. The number of aromatic nitrogens is 2. The molecular weight excluding hydrogens is 214 g/mol. The number of aliphatic hydroxyl groups excluding tert-OH is 1. The minimum absolute atomic E-state index is 0.0263. The van der Waals surface area contributed by atoms with Gasteiger partial charge in [-0.3, -0.25) is 10.1 Å². The van der Waals surface area contributed by atoms with Crippen molar-refractivity contribution >= 4 is 17.3 Å². The lowest BCUT2D eigenvalue weighted by molar-refractivity contribution is -0.383. The molecule has 1 aromatic rings. The smallest absolute Gasteiger partial charge is 0.352 e. The van der Waals surface area contributed by atoms with Gasteiger partial charge in [-0.2, -0.15) is 0 Å². The summed E-state index contributed by atoms with van der Waals surface area (Å²) >= 11 is 0. The Morgan fingerprint density at radius 1 is 1.69 bits per heavy atom. The first-order chi connectivity index (χ1) is 7.60. The van der Waals surface area contributed by atoms with Crippen LogP contribution in [0.2, 0.25) is 0 Å². The summed E-state index contributed by atoms with van der Waals surface area (Å²) in [6.45, 7) is 1.70. The molecule has 0 saturated carbocycles. The molecule has 8 nitrogen and oxygen atoms in total. The third-order valence-corrected chi connectivity index (χ3v) is 2.09. The van der Waals surface area contributed by atoms with Crippen LogP contribution >= 0.6 is 0 Å². The molecule has 0 spiro atoms. The number of nitrogen functional groups attached to an aromatic ring is 1. The molecule has 0 radical (unpaired) electrons. The molecule has 1 heterocycles. The second kappa shape index (κ2) is 5.21. The van der Waals surface area contributed by atoms with Crippen LogP contribution in [0, 0.1) is 10.1 Å². The second-order valence-electron chi connectivity index (χ2n) is 3.15. The first kappa shape index (κ1) is 12.1. The average Bonchev–Trinajstić information content (AvgIpc) is 2.25. The summed E-state index contributed by atoms with van der Waals surface area (Å²) in [4.78, 5) is 17.4. The average molecular weight is 227 g/mol. The van der Waals surface area contributed by atoms with E-state index in [1.165, 1.54) is 0 Å². The van der Waals surface area contributed by atoms with E-state index in [1.807, 2.05) is 6.92 Å². The fourth-order valence-corrected chi connectivity index (χ4v) is 1.15. The number of hydrogen-bond donors (Lipinski definition) is 3. The predicted octanol–water partition coefficient (Wildman–Crippen LogP) is 0.150. The van der Waals surface area contributed by atoms with E-state index in [1.54, 1.807) is 0 Å². The van der Waals surface area contributed by atoms with E-state index in [0.29, 0.717) is 6.42 Å². The van der Waals surface area contributed by atoms with E-state index in [-0.39, 0.29) is 30.0 Å². The summed E-state index contributed by atoms with van der Waals surface area (Å²) in [7, 11) is 0. The van der Waals surface area contributed by atoms with E-state index in [2.05, 4.69) is 15.3 Å². The minimum atomic E-state index is -0.651. The van der Waals surface area contributed by atoms with Crippen LogP contribution in [0.25, 0.3) is 0 Å². The lowest BCUT2D eigenvalue weighted by Gasteiger charge is -2.14. The molecule has 88 valence electrons. The number of nitrogens with zero attached hydrogens (tertiary/aromatic N) is 3. The maximum absolute atomic E-state index is 10.7. The first-order valence-electron chi connectivity index (χ1n) is 4.72. The van der Waals surface area contributed by atoms with Gasteiger partial charge in [0.25, 0.3) is 0 Å². The summed E-state index contributed by atoms with van der Waals surface area (Å²) in [5.41, 5.74) is 5.02. The molecule has 0 aliphatic heterocycles. The highest BCUT2D eigenvalue weighted by Crippen LogP contribution is 2.26. The maximum Gasteiger partial charge on any atom is 0.352 e. The number of hydrogen-bond acceptors (Lipinski definition) is 7. The number of anilines is 2. The fraction of sp³-hybridized carbons (Fsp3) is 0.500. The van der Waals surface area contributed by atoms with E-state index in [0.717, 1.165) is 6.33 Å². The van der Waals surface area contributed by atoms with E-state index in [4.69, 9.17) is 10.8 Å². The van der Waals surface area contributed by atoms with Crippen molar-refractivity contribution in [1.82, 2.24) is 9.97 Å². The molecule has 0 aliphatic carbocycles. The molecule has 1 atom stereocenters. The molecule has 0 unspecified atom stereocenters. The Labute approximate surface area is 91.7 Å². The Morgan fingerprint density at radius 3 is 2.88 bits per heavy atom. The molecule has 0 amide bonds. The lowest BCUT2D eigenvalue weighted by atomic mass is 10.2. The highest BCUT2D eigenvalue weighted by molar-refractivity contribution is 5.67. The van der Waals surface area contributed by atoms with Gasteiger partial charge in [0.15, 0.2) is 0 Å². The van der Waals surface area contributed by atoms with E-state index >= 15 is 0 Å². The molecule has 1 aromatic heterocycles. The van der Waals surface area contributed by atoms with Crippen molar-refractivity contribution in [1.29, 1.82) is 0 Å². The van der Waals surface area contributed by atoms with Crippen LogP contribution < -0.4 is 11.1 Å². The summed E-state index contributed by atoms with van der Waals surface area (Å²) in [6, 6.07) is -0.298. The zero-order chi connectivity index (χ0) is 12.1. The number of rotatable bonds is 5. The van der Waals surface area contributed by atoms with Gasteiger partial charge in [-0.25, -0.2) is 9.97 Å². The summed E-state index contributed by atoms with van der Waals surface area (Å²) in [6.07, 6.45) is 1.74. The fourth-order valence-electron chi connectivity index (χ4n) is 1.15. The highest BCUT2D eigenvalue weighted by atomic mass is 16.6. The molecule has 0 aliphatic rings. The van der Waals surface area contributed by atoms with Gasteiger partial charge in [-0.15, -0.1) is 0 Å². The zero-order valence-electron chi connectivity index (χ0n) is 8.75. The van der Waals surface area contributed by atoms with Crippen molar-refractivity contribution in [3.63, 3.8) is 0 Å². The molecule has 1 rings (SSSR count). The van der Waals surface area contributed by atoms with Gasteiger partial charge in [0, 0.05) is 0 Å². The molecule has 0 bridgehead atoms. The minimum Gasteiger partial charge on any atom is -0.394 e. The van der Waals surface area contributed by atoms with Crippen molar-refractivity contribution in [3.8, 4) is 0 Å². The van der Waals surface area contributed by atoms with Crippen molar-refractivity contribution < 1.29 is 10.0 Å². The van der Waals surface area contributed by atoms with Crippen LogP contribution in [-0.4, -0.2) is 32.6 Å². The topological polar surface area (TPSA) is 127 Å². The molecular formula is C8H13N5O3. The van der Waals surface area contributed by atoms with Gasteiger partial charge in [-0.1, -0.05) is 6.92 Å². The van der Waals surface area contributed by atoms with Crippen molar-refractivity contribution in [2.45, 2.75) is 19.4 Å². The van der Waals surface area contributed by atoms with Crippen LogP contribution in [0.5, 0.6) is 0 Å². The Balaban J connectivity index is 3.03. The van der Waals surface area contributed by atoms with Gasteiger partial charge >= 0.3 is 5.69 Å². The number of nitrogens with one attached hydrogen (secondary N) is 1. The van der Waals surface area contributed by atoms with Crippen LogP contribution in [-0.2, 0) is 0 Å². The molecule has 0 aromatic carbocycles. The normalized spacial score (nSPS) is 12.1. The van der Waals surface area contributed by atoms with Gasteiger partial charge in [0.1, 0.15) is 6.33 Å². The van der Waals surface area contributed by atoms with Gasteiger partial charge in [-0.05, 0) is 6.42 Å².